The van der Waals surface area contributed by atoms with Gasteiger partial charge in [0.1, 0.15) is 5.75 Å². The smallest absolute Gasteiger partial charge is 0.308 e. The largest absolute Gasteiger partial charge is 0.493 e. The normalized spacial score (nSPS) is 21.3. The van der Waals surface area contributed by atoms with Gasteiger partial charge in [-0.25, -0.2) is 4.98 Å². The Bertz CT molecular complexity index is 1000. The third-order valence-electron chi connectivity index (χ3n) is 7.48. The summed E-state index contributed by atoms with van der Waals surface area (Å²) in [6.45, 7) is 5.27. The molecule has 0 radical (unpaired) electrons. The number of imidazole rings is 1. The maximum absolute atomic E-state index is 13.4. The zero-order valence-corrected chi connectivity index (χ0v) is 21.1. The number of hydrogen-bond acceptors (Lipinski definition) is 6. The number of ether oxygens (including phenoxy) is 1. The van der Waals surface area contributed by atoms with Crippen LogP contribution in [0.2, 0.25) is 0 Å². The number of unbranched alkanes of at least 4 members (excludes halogenated alkanes) is 1. The number of carbonyl (C=O) groups is 2. The van der Waals surface area contributed by atoms with E-state index in [2.05, 4.69) is 22.9 Å². The molecule has 9 nitrogen and oxygen atoms in total. The minimum atomic E-state index is -0.828. The number of aliphatic carboxylic acids is 1. The van der Waals surface area contributed by atoms with Gasteiger partial charge in [0, 0.05) is 63.6 Å². The Morgan fingerprint density at radius 1 is 1.25 bits per heavy atom. The molecule has 9 heteroatoms. The molecule has 3 atom stereocenters. The van der Waals surface area contributed by atoms with E-state index in [1.165, 1.54) is 0 Å². The lowest BCUT2D eigenvalue weighted by Crippen LogP contribution is -2.45. The highest BCUT2D eigenvalue weighted by atomic mass is 16.5. The monoisotopic (exact) mass is 498 g/mol. The molecule has 2 aliphatic rings. The molecule has 4 rings (SSSR count). The van der Waals surface area contributed by atoms with Crippen molar-refractivity contribution in [1.29, 1.82) is 0 Å². The first-order valence-electron chi connectivity index (χ1n) is 13.1. The number of nitrogens with zero attached hydrogens (tertiary/aromatic N) is 4. The summed E-state index contributed by atoms with van der Waals surface area (Å²) in [6.07, 6.45) is 9.18. The zero-order valence-electron chi connectivity index (χ0n) is 21.1. The molecule has 1 unspecified atom stereocenters. The molecule has 0 spiro atoms. The first-order chi connectivity index (χ1) is 17.5. The summed E-state index contributed by atoms with van der Waals surface area (Å²) in [5.41, 5.74) is 2.12. The Hall–Kier alpha value is -2.91. The van der Waals surface area contributed by atoms with Crippen LogP contribution in [0.5, 0.6) is 5.75 Å². The Kier molecular flexibility index (Phi) is 8.98. The molecule has 196 valence electrons. The summed E-state index contributed by atoms with van der Waals surface area (Å²) in [6, 6.07) is 5.74. The first kappa shape index (κ1) is 26.2. The molecule has 0 saturated carbocycles. The van der Waals surface area contributed by atoms with Crippen molar-refractivity contribution in [3.05, 3.63) is 48.0 Å². The van der Waals surface area contributed by atoms with Crippen LogP contribution in [0.3, 0.4) is 0 Å². The van der Waals surface area contributed by atoms with E-state index < -0.39 is 11.9 Å². The lowest BCUT2D eigenvalue weighted by atomic mass is 9.83. The lowest BCUT2D eigenvalue weighted by molar-refractivity contribution is -0.144. The van der Waals surface area contributed by atoms with E-state index in [0.29, 0.717) is 45.6 Å². The predicted molar refractivity (Wildman–Crippen MR) is 135 cm³/mol. The second-order valence-corrected chi connectivity index (χ2v) is 9.83. The third-order valence-corrected chi connectivity index (χ3v) is 7.48. The molecule has 2 aromatic rings. The van der Waals surface area contributed by atoms with Crippen LogP contribution in [-0.2, 0) is 22.6 Å². The number of aryl methyl sites for hydroxylation is 1. The topological polar surface area (TPSA) is 108 Å². The Morgan fingerprint density at radius 3 is 2.81 bits per heavy atom. The molecule has 0 bridgehead atoms. The summed E-state index contributed by atoms with van der Waals surface area (Å²) >= 11 is 0. The highest BCUT2D eigenvalue weighted by molar-refractivity contribution is 5.79. The second kappa shape index (κ2) is 12.4. The van der Waals surface area contributed by atoms with E-state index >= 15 is 0 Å². The molecule has 1 aromatic carbocycles. The summed E-state index contributed by atoms with van der Waals surface area (Å²) in [5, 5.41) is 19.7. The minimum Gasteiger partial charge on any atom is -0.493 e. The molecular weight excluding hydrogens is 460 g/mol. The van der Waals surface area contributed by atoms with Crippen LogP contribution in [0.15, 0.2) is 36.9 Å². The van der Waals surface area contributed by atoms with Gasteiger partial charge >= 0.3 is 5.97 Å². The van der Waals surface area contributed by atoms with E-state index in [9.17, 15) is 19.8 Å². The molecule has 1 amide bonds. The highest BCUT2D eigenvalue weighted by Gasteiger charge is 2.47. The van der Waals surface area contributed by atoms with Crippen LogP contribution < -0.4 is 4.74 Å². The number of carbonyl (C=O) groups excluding carboxylic acids is 1. The molecule has 36 heavy (non-hydrogen) atoms. The van der Waals surface area contributed by atoms with Gasteiger partial charge in [-0.05, 0) is 36.5 Å². The number of hydrogen-bond donors (Lipinski definition) is 2. The van der Waals surface area contributed by atoms with Crippen molar-refractivity contribution in [3.63, 3.8) is 0 Å². The fourth-order valence-corrected chi connectivity index (χ4v) is 5.57. The number of rotatable bonds is 13. The van der Waals surface area contributed by atoms with Crippen molar-refractivity contribution in [2.24, 2.45) is 5.92 Å². The van der Waals surface area contributed by atoms with E-state index in [0.717, 1.165) is 36.1 Å². The number of amides is 1. The fraction of sp³-hybridized carbons (Fsp3) is 0.593. The van der Waals surface area contributed by atoms with E-state index in [4.69, 9.17) is 4.74 Å². The van der Waals surface area contributed by atoms with Gasteiger partial charge in [-0.3, -0.25) is 14.5 Å². The average molecular weight is 499 g/mol. The molecule has 2 aliphatic heterocycles. The summed E-state index contributed by atoms with van der Waals surface area (Å²) in [7, 11) is 0. The van der Waals surface area contributed by atoms with Crippen LogP contribution in [-0.4, -0.2) is 86.9 Å². The number of aliphatic hydroxyl groups excluding tert-OH is 1. The van der Waals surface area contributed by atoms with Gasteiger partial charge in [-0.2, -0.15) is 0 Å². The Labute approximate surface area is 212 Å². The van der Waals surface area contributed by atoms with Crippen molar-refractivity contribution < 1.29 is 24.5 Å². The molecule has 1 fully saturated rings. The van der Waals surface area contributed by atoms with Gasteiger partial charge in [-0.1, -0.05) is 25.5 Å². The summed E-state index contributed by atoms with van der Waals surface area (Å²) in [5.74, 6) is -0.788. The minimum absolute atomic E-state index is 0.00308. The van der Waals surface area contributed by atoms with Crippen molar-refractivity contribution in [1.82, 2.24) is 19.4 Å². The van der Waals surface area contributed by atoms with Gasteiger partial charge in [0.15, 0.2) is 0 Å². The van der Waals surface area contributed by atoms with Crippen molar-refractivity contribution >= 4 is 11.9 Å². The molecule has 3 heterocycles. The van der Waals surface area contributed by atoms with E-state index in [1.54, 1.807) is 12.5 Å². The van der Waals surface area contributed by atoms with Gasteiger partial charge in [0.25, 0.3) is 0 Å². The predicted octanol–water partition coefficient (Wildman–Crippen LogP) is 2.39. The van der Waals surface area contributed by atoms with E-state index in [1.807, 2.05) is 27.8 Å². The Morgan fingerprint density at radius 2 is 2.08 bits per heavy atom. The van der Waals surface area contributed by atoms with Crippen LogP contribution in [0.1, 0.15) is 49.7 Å². The lowest BCUT2D eigenvalue weighted by Gasteiger charge is -2.29. The average Bonchev–Trinajstić information content (AvgIpc) is 3.62. The highest BCUT2D eigenvalue weighted by Crippen LogP contribution is 2.41. The Balaban J connectivity index is 1.58. The molecular formula is C27H38N4O5. The number of fused-ring (bicyclic) bond motifs is 1. The zero-order chi connectivity index (χ0) is 25.5. The van der Waals surface area contributed by atoms with Crippen LogP contribution in [0.25, 0.3) is 0 Å². The summed E-state index contributed by atoms with van der Waals surface area (Å²) in [4.78, 5) is 34.0. The van der Waals surface area contributed by atoms with Crippen LogP contribution >= 0.6 is 0 Å². The second-order valence-electron chi connectivity index (χ2n) is 9.83. The molecule has 0 aliphatic carbocycles. The number of carboxylic acids is 1. The third kappa shape index (κ3) is 6.07. The maximum Gasteiger partial charge on any atom is 0.308 e. The summed E-state index contributed by atoms with van der Waals surface area (Å²) < 4.78 is 7.60. The van der Waals surface area contributed by atoms with Gasteiger partial charge in [0.05, 0.1) is 25.4 Å². The number of aliphatic hydroxyl groups is 1. The van der Waals surface area contributed by atoms with Crippen molar-refractivity contribution in [2.45, 2.75) is 57.5 Å². The van der Waals surface area contributed by atoms with Crippen LogP contribution in [0.4, 0.5) is 0 Å². The number of likely N-dealkylation sites (tertiary alicyclic amines) is 1. The molecule has 2 N–H and O–H groups in total. The standard InChI is InChI=1S/C27H38N4O5/c1-2-3-10-30(11-4-14-32)25(33)18-31-17-22(20-5-6-24-21(16-20)8-15-36-24)26(27(34)35)23(31)7-12-29-13-9-28-19-29/h5-6,9,13,16,19,22-23,26,32H,2-4,7-8,10-12,14-15,17-18H2,1H3,(H,34,35)/t22-,23+,26?/m1/s1. The fourth-order valence-electron chi connectivity index (χ4n) is 5.57. The number of carboxylic acid groups (broad SMARTS) is 1. The molecule has 1 saturated heterocycles. The maximum atomic E-state index is 13.4. The van der Waals surface area contributed by atoms with Crippen molar-refractivity contribution in [2.75, 3.05) is 39.4 Å². The number of benzene rings is 1. The van der Waals surface area contributed by atoms with Crippen molar-refractivity contribution in [3.8, 4) is 5.75 Å². The van der Waals surface area contributed by atoms with Gasteiger partial charge in [0.2, 0.25) is 5.91 Å². The number of aromatic nitrogens is 2. The molecule has 1 aromatic heterocycles. The van der Waals surface area contributed by atoms with E-state index in [-0.39, 0.29) is 31.0 Å². The quantitative estimate of drug-likeness (QED) is 0.437. The first-order valence-corrected chi connectivity index (χ1v) is 13.1. The van der Waals surface area contributed by atoms with Crippen LogP contribution in [0, 0.1) is 5.92 Å². The SMILES string of the molecule is CCCCN(CCCO)C(=O)CN1C[C@H](c2ccc3c(c2)CCO3)C(C(=O)O)[C@@H]1CCn1ccnc1. The van der Waals surface area contributed by atoms with Gasteiger partial charge < -0.3 is 24.4 Å². The van der Waals surface area contributed by atoms with Gasteiger partial charge in [-0.15, -0.1) is 0 Å².